The van der Waals surface area contributed by atoms with Crippen molar-refractivity contribution >= 4 is 28.2 Å². The molecule has 78 valence electrons. The van der Waals surface area contributed by atoms with Crippen LogP contribution in [0.4, 0.5) is 5.13 Å². The Morgan fingerprint density at radius 1 is 1.29 bits per heavy atom. The summed E-state index contributed by atoms with van der Waals surface area (Å²) in [6, 6.07) is 0.305. The van der Waals surface area contributed by atoms with E-state index < -0.39 is 0 Å². The highest BCUT2D eigenvalue weighted by Crippen LogP contribution is 2.34. The molecule has 1 fully saturated rings. The van der Waals surface area contributed by atoms with Gasteiger partial charge in [-0.3, -0.25) is 0 Å². The van der Waals surface area contributed by atoms with E-state index in [0.717, 1.165) is 10.8 Å². The molecule has 1 saturated carbocycles. The van der Waals surface area contributed by atoms with Crippen LogP contribution in [0.3, 0.4) is 0 Å². The number of rotatable bonds is 2. The Morgan fingerprint density at radius 3 is 2.71 bits per heavy atom. The molecular formula is C8H14N4S2. The molecule has 2 atom stereocenters. The smallest absolute Gasteiger partial charge is 0.203 e. The van der Waals surface area contributed by atoms with Gasteiger partial charge in [0, 0.05) is 11.3 Å². The molecule has 0 aliphatic heterocycles. The molecule has 6 heteroatoms. The average Bonchev–Trinajstić information content (AvgIpc) is 2.56. The number of anilines is 1. The third-order valence-corrected chi connectivity index (χ3v) is 4.68. The molecule has 2 rings (SSSR count). The maximum absolute atomic E-state index is 6.04. The van der Waals surface area contributed by atoms with E-state index in [9.17, 15) is 0 Å². The van der Waals surface area contributed by atoms with Gasteiger partial charge in [-0.05, 0) is 12.8 Å². The zero-order valence-electron chi connectivity index (χ0n) is 7.85. The number of thioether (sulfide) groups is 1. The van der Waals surface area contributed by atoms with Gasteiger partial charge in [-0.1, -0.05) is 35.9 Å². The van der Waals surface area contributed by atoms with E-state index in [-0.39, 0.29) is 0 Å². The first-order valence-electron chi connectivity index (χ1n) is 4.77. The Kier molecular flexibility index (Phi) is 3.25. The Hall–Kier alpha value is -0.330. The highest BCUT2D eigenvalue weighted by Gasteiger charge is 2.23. The van der Waals surface area contributed by atoms with Gasteiger partial charge in [0.2, 0.25) is 5.13 Å². The minimum absolute atomic E-state index is 0.305. The summed E-state index contributed by atoms with van der Waals surface area (Å²) in [6.07, 6.45) is 4.85. The zero-order chi connectivity index (χ0) is 9.97. The number of nitrogens with two attached hydrogens (primary N) is 2. The average molecular weight is 230 g/mol. The molecule has 0 bridgehead atoms. The van der Waals surface area contributed by atoms with E-state index in [1.165, 1.54) is 30.6 Å². The number of nitrogens with zero attached hydrogens (tertiary/aromatic N) is 2. The summed E-state index contributed by atoms with van der Waals surface area (Å²) in [5.74, 6) is 0. The van der Waals surface area contributed by atoms with Crippen molar-refractivity contribution in [1.29, 1.82) is 0 Å². The molecule has 4 nitrogen and oxygen atoms in total. The Labute approximate surface area is 91.5 Å². The summed E-state index contributed by atoms with van der Waals surface area (Å²) in [6.45, 7) is 0. The van der Waals surface area contributed by atoms with Gasteiger partial charge in [0.15, 0.2) is 4.34 Å². The molecule has 4 N–H and O–H groups in total. The van der Waals surface area contributed by atoms with Gasteiger partial charge < -0.3 is 11.5 Å². The van der Waals surface area contributed by atoms with Crippen LogP contribution in [0.1, 0.15) is 25.7 Å². The lowest BCUT2D eigenvalue weighted by Gasteiger charge is -2.26. The summed E-state index contributed by atoms with van der Waals surface area (Å²) < 4.78 is 0.949. The lowest BCUT2D eigenvalue weighted by molar-refractivity contribution is 0.453. The van der Waals surface area contributed by atoms with Crippen LogP contribution < -0.4 is 11.5 Å². The predicted octanol–water partition coefficient (Wildman–Crippen LogP) is 1.48. The Morgan fingerprint density at radius 2 is 2.07 bits per heavy atom. The summed E-state index contributed by atoms with van der Waals surface area (Å²) in [5.41, 5.74) is 11.6. The van der Waals surface area contributed by atoms with Gasteiger partial charge in [0.1, 0.15) is 0 Å². The summed E-state index contributed by atoms with van der Waals surface area (Å²) in [5, 5.41) is 8.82. The number of aromatic nitrogens is 2. The summed E-state index contributed by atoms with van der Waals surface area (Å²) in [4.78, 5) is 0. The van der Waals surface area contributed by atoms with Crippen molar-refractivity contribution in [3.8, 4) is 0 Å². The van der Waals surface area contributed by atoms with Gasteiger partial charge in [-0.2, -0.15) is 0 Å². The van der Waals surface area contributed by atoms with Crippen LogP contribution in [0.5, 0.6) is 0 Å². The molecule has 14 heavy (non-hydrogen) atoms. The van der Waals surface area contributed by atoms with E-state index in [1.807, 2.05) is 0 Å². The molecule has 1 aliphatic rings. The molecule has 0 radical (unpaired) electrons. The SMILES string of the molecule is Nc1nnc(SC2CCCCC2N)s1. The Bertz CT molecular complexity index is 301. The summed E-state index contributed by atoms with van der Waals surface area (Å²) >= 11 is 3.18. The zero-order valence-corrected chi connectivity index (χ0v) is 9.48. The monoisotopic (exact) mass is 230 g/mol. The molecule has 0 saturated heterocycles. The van der Waals surface area contributed by atoms with Gasteiger partial charge in [0.05, 0.1) is 0 Å². The normalized spacial score (nSPS) is 27.8. The summed E-state index contributed by atoms with van der Waals surface area (Å²) in [7, 11) is 0. The molecule has 0 amide bonds. The lowest BCUT2D eigenvalue weighted by Crippen LogP contribution is -2.35. The fourth-order valence-electron chi connectivity index (χ4n) is 1.67. The first kappa shape index (κ1) is 10.2. The van der Waals surface area contributed by atoms with Crippen LogP contribution >= 0.6 is 23.1 Å². The standard InChI is InChI=1S/C8H14N4S2/c9-5-3-1-2-4-6(5)13-8-12-11-7(10)14-8/h5-6H,1-4,9H2,(H2,10,11). The highest BCUT2D eigenvalue weighted by atomic mass is 32.2. The van der Waals surface area contributed by atoms with Crippen molar-refractivity contribution in [3.63, 3.8) is 0 Å². The molecule has 1 aromatic rings. The van der Waals surface area contributed by atoms with Crippen LogP contribution in [-0.4, -0.2) is 21.5 Å². The minimum Gasteiger partial charge on any atom is -0.374 e. The molecular weight excluding hydrogens is 216 g/mol. The lowest BCUT2D eigenvalue weighted by atomic mass is 9.96. The first-order valence-corrected chi connectivity index (χ1v) is 6.46. The molecule has 1 aliphatic carbocycles. The van der Waals surface area contributed by atoms with Crippen LogP contribution in [0.25, 0.3) is 0 Å². The second-order valence-corrected chi connectivity index (χ2v) is 6.01. The molecule has 1 aromatic heterocycles. The van der Waals surface area contributed by atoms with E-state index in [0.29, 0.717) is 16.4 Å². The molecule has 0 aromatic carbocycles. The van der Waals surface area contributed by atoms with E-state index in [4.69, 9.17) is 11.5 Å². The van der Waals surface area contributed by atoms with Crippen LogP contribution in [0, 0.1) is 0 Å². The molecule has 0 spiro atoms. The van der Waals surface area contributed by atoms with Gasteiger partial charge in [0.25, 0.3) is 0 Å². The van der Waals surface area contributed by atoms with Crippen LogP contribution in [0.15, 0.2) is 4.34 Å². The fraction of sp³-hybridized carbons (Fsp3) is 0.750. The topological polar surface area (TPSA) is 77.8 Å². The minimum atomic E-state index is 0.305. The van der Waals surface area contributed by atoms with Gasteiger partial charge in [-0.25, -0.2) is 0 Å². The van der Waals surface area contributed by atoms with Crippen molar-refractivity contribution in [2.24, 2.45) is 5.73 Å². The maximum Gasteiger partial charge on any atom is 0.203 e. The number of nitrogen functional groups attached to an aromatic ring is 1. The largest absolute Gasteiger partial charge is 0.374 e. The highest BCUT2D eigenvalue weighted by molar-refractivity contribution is 8.01. The first-order chi connectivity index (χ1) is 6.75. The van der Waals surface area contributed by atoms with E-state index in [1.54, 1.807) is 11.8 Å². The molecule has 2 unspecified atom stereocenters. The quantitative estimate of drug-likeness (QED) is 0.804. The maximum atomic E-state index is 6.04. The molecule has 1 heterocycles. The van der Waals surface area contributed by atoms with Crippen LogP contribution in [-0.2, 0) is 0 Å². The third-order valence-electron chi connectivity index (χ3n) is 2.43. The van der Waals surface area contributed by atoms with E-state index >= 15 is 0 Å². The van der Waals surface area contributed by atoms with Gasteiger partial charge >= 0.3 is 0 Å². The number of hydrogen-bond donors (Lipinski definition) is 2. The third kappa shape index (κ3) is 2.37. The van der Waals surface area contributed by atoms with Crippen molar-refractivity contribution < 1.29 is 0 Å². The van der Waals surface area contributed by atoms with Gasteiger partial charge in [-0.15, -0.1) is 10.2 Å². The van der Waals surface area contributed by atoms with E-state index in [2.05, 4.69) is 10.2 Å². The second-order valence-electron chi connectivity index (χ2n) is 3.51. The van der Waals surface area contributed by atoms with Crippen molar-refractivity contribution in [3.05, 3.63) is 0 Å². The van der Waals surface area contributed by atoms with Crippen molar-refractivity contribution in [2.75, 3.05) is 5.73 Å². The predicted molar refractivity (Wildman–Crippen MR) is 60.4 cm³/mol. The second kappa shape index (κ2) is 4.46. The van der Waals surface area contributed by atoms with Crippen molar-refractivity contribution in [1.82, 2.24) is 10.2 Å². The Balaban J connectivity index is 1.95. The fourth-order valence-corrected chi connectivity index (χ4v) is 3.77. The number of hydrogen-bond acceptors (Lipinski definition) is 6. The van der Waals surface area contributed by atoms with Crippen LogP contribution in [0.2, 0.25) is 0 Å². The van der Waals surface area contributed by atoms with Crippen molar-refractivity contribution in [2.45, 2.75) is 41.3 Å².